The van der Waals surface area contributed by atoms with Gasteiger partial charge in [-0.25, -0.2) is 14.8 Å². The van der Waals surface area contributed by atoms with Crippen molar-refractivity contribution in [1.82, 2.24) is 51.6 Å². The summed E-state index contributed by atoms with van der Waals surface area (Å²) in [6.07, 6.45) is 54.1. The summed E-state index contributed by atoms with van der Waals surface area (Å²) in [6, 6.07) is 14.8. The molecule has 0 aromatic carbocycles. The van der Waals surface area contributed by atoms with Gasteiger partial charge >= 0.3 is 6.16 Å². The van der Waals surface area contributed by atoms with E-state index in [-0.39, 0.29) is 0 Å². The third kappa shape index (κ3) is 80.8. The molecule has 0 bridgehead atoms. The number of hydrogen-bond acceptors (Lipinski definition) is 29. The number of oxazole rings is 2. The Hall–Kier alpha value is -7.65. The number of cyclic esters (lactones) is 2. The van der Waals surface area contributed by atoms with Crippen molar-refractivity contribution in [3.8, 4) is 0 Å². The summed E-state index contributed by atoms with van der Waals surface area (Å²) >= 11 is 0. The maximum Gasteiger partial charge on any atom is 0.508 e. The molecule has 4 N–H and O–H groups in total. The Morgan fingerprint density at radius 2 is 0.765 bits per heavy atom. The molecule has 550 valence electrons. The minimum atomic E-state index is -0.536. The van der Waals surface area contributed by atoms with Gasteiger partial charge in [0.25, 0.3) is 0 Å². The minimum Gasteiger partial charge on any atom is -0.473 e. The number of rotatable bonds is 0. The molecular weight excluding hydrogens is 1270 g/mol. The summed E-state index contributed by atoms with van der Waals surface area (Å²) in [5.74, 6) is 0. The van der Waals surface area contributed by atoms with Crippen LogP contribution in [0.2, 0.25) is 0 Å². The van der Waals surface area contributed by atoms with Gasteiger partial charge in [0.05, 0.1) is 109 Å². The lowest BCUT2D eigenvalue weighted by Gasteiger charge is -2.10. The number of furan rings is 1. The molecule has 0 aliphatic carbocycles. The van der Waals surface area contributed by atoms with Gasteiger partial charge in [0, 0.05) is 57.6 Å². The number of nitrogens with zero attached hydrogens (tertiary/aromatic N) is 8. The van der Waals surface area contributed by atoms with Gasteiger partial charge in [-0.15, -0.1) is 0 Å². The smallest absolute Gasteiger partial charge is 0.473 e. The monoisotopic (exact) mass is 1380 g/mol. The zero-order valence-corrected chi connectivity index (χ0v) is 57.5. The van der Waals surface area contributed by atoms with Crippen LogP contribution in [0.3, 0.4) is 0 Å². The summed E-state index contributed by atoms with van der Waals surface area (Å²) in [7, 11) is 0. The predicted molar refractivity (Wildman–Crippen MR) is 371 cm³/mol. The fourth-order valence-electron chi connectivity index (χ4n) is 7.11. The number of piperidine rings is 3. The molecule has 98 heavy (non-hydrogen) atoms. The Labute approximate surface area is 579 Å². The van der Waals surface area contributed by atoms with Crippen molar-refractivity contribution in [3.63, 3.8) is 0 Å². The van der Waals surface area contributed by atoms with Gasteiger partial charge in [0.2, 0.25) is 0 Å². The van der Waals surface area contributed by atoms with Crippen LogP contribution in [0.25, 0.3) is 0 Å². The van der Waals surface area contributed by atoms with Crippen LogP contribution in [0.15, 0.2) is 188 Å². The number of aromatic nitrogens is 6. The van der Waals surface area contributed by atoms with Crippen molar-refractivity contribution in [2.75, 3.05) is 152 Å². The second-order valence-electron chi connectivity index (χ2n) is 20.0. The van der Waals surface area contributed by atoms with Crippen LogP contribution in [-0.4, -0.2) is 202 Å². The topological polar surface area (TPSA) is 331 Å². The van der Waals surface area contributed by atoms with Crippen molar-refractivity contribution in [1.29, 1.82) is 0 Å². The molecule has 11 aliphatic heterocycles. The summed E-state index contributed by atoms with van der Waals surface area (Å²) in [5.41, 5.74) is 0. The third-order valence-corrected chi connectivity index (χ3v) is 11.9. The van der Waals surface area contributed by atoms with Crippen molar-refractivity contribution < 1.29 is 79.4 Å². The van der Waals surface area contributed by atoms with E-state index in [9.17, 15) is 4.79 Å². The number of allylic oxidation sites excluding steroid dienone is 2. The second kappa shape index (κ2) is 83.6. The Morgan fingerprint density at radius 1 is 0.337 bits per heavy atom. The highest BCUT2D eigenvalue weighted by Crippen LogP contribution is 2.03. The standard InChI is InChI=1S/3C5H11N.C5H5N.C5H10O.C5H6O.C4H4N2.C4H6O3.2C4H8O2.C4H8O.C4H4O.C3H5N3.3C3H3NO.C3H6O3/c7*1-2-4-6-5-3-1;5-4-6-2-1-3-7-4;1-2-6-4-3-5-1;1-2-5-4-6-3-1;2*1-2-4-5-3-1;1-4-2-6-3-5-1;2*1-2-5-3-4-1;1-2-4-5-3-1;1-4-2-6-3-5-1/h3*6H,1-5H2;1-5H;1-5H2;2-5H,1H2;1-4H;1-3H2;2*1-4H2;1-4H2;1-4H;1-2H,3H2,(H,4,5,6);3*1-3H;1-3H2. The van der Waals surface area contributed by atoms with Gasteiger partial charge in [-0.2, -0.15) is 10.2 Å². The van der Waals surface area contributed by atoms with Gasteiger partial charge in [0.15, 0.2) is 33.2 Å². The molecule has 0 saturated carbocycles. The third-order valence-electron chi connectivity index (χ3n) is 11.9. The summed E-state index contributed by atoms with van der Waals surface area (Å²) in [6.45, 7) is 19.6. The van der Waals surface area contributed by atoms with Crippen LogP contribution in [0.1, 0.15) is 109 Å². The normalized spacial score (nSPS) is 17.7. The second-order valence-corrected chi connectivity index (χ2v) is 20.0. The van der Waals surface area contributed by atoms with Crippen LogP contribution < -0.4 is 21.3 Å². The highest BCUT2D eigenvalue weighted by molar-refractivity contribution is 5.76. The lowest BCUT2D eigenvalue weighted by Crippen LogP contribution is -2.21. The highest BCUT2D eigenvalue weighted by atomic mass is 16.8. The Balaban J connectivity index is 0.000000521. The van der Waals surface area contributed by atoms with E-state index in [0.29, 0.717) is 47.1 Å². The summed E-state index contributed by atoms with van der Waals surface area (Å²) in [4.78, 5) is 28.4. The average molecular weight is 1380 g/mol. The Bertz CT molecular complexity index is 1830. The van der Waals surface area contributed by atoms with Crippen molar-refractivity contribution in [3.05, 3.63) is 161 Å². The molecule has 6 aromatic rings. The van der Waals surface area contributed by atoms with Crippen LogP contribution in [-0.2, 0) is 56.8 Å². The molecule has 0 atom stereocenters. The lowest BCUT2D eigenvalue weighted by atomic mass is 10.2. The number of aliphatic imine (C=N–C) groups is 2. The van der Waals surface area contributed by atoms with Crippen LogP contribution >= 0.6 is 0 Å². The summed E-state index contributed by atoms with van der Waals surface area (Å²) < 4.78 is 74.9. The van der Waals surface area contributed by atoms with E-state index in [1.54, 1.807) is 87.2 Å². The van der Waals surface area contributed by atoms with E-state index in [0.717, 1.165) is 85.3 Å². The molecule has 6 aromatic heterocycles. The zero-order valence-electron chi connectivity index (χ0n) is 57.5. The molecule has 0 amide bonds. The van der Waals surface area contributed by atoms with Crippen molar-refractivity contribution in [2.45, 2.75) is 109 Å². The first kappa shape index (κ1) is 88.4. The van der Waals surface area contributed by atoms with Gasteiger partial charge in [-0.1, -0.05) is 30.5 Å². The molecule has 9 fully saturated rings. The Morgan fingerprint density at radius 3 is 0.918 bits per heavy atom. The van der Waals surface area contributed by atoms with Crippen molar-refractivity contribution in [2.24, 2.45) is 9.98 Å². The number of carbonyl (C=O) groups is 1. The first-order chi connectivity index (χ1) is 48.9. The average Bonchev–Trinajstić information content (AvgIpc) is 4.75. The fourth-order valence-corrected chi connectivity index (χ4v) is 7.11. The van der Waals surface area contributed by atoms with Crippen LogP contribution in [0, 0.1) is 0 Å². The number of nitrogens with one attached hydrogen (secondary N) is 4. The zero-order chi connectivity index (χ0) is 69.5. The van der Waals surface area contributed by atoms with Gasteiger partial charge < -0.3 is 95.9 Å². The maximum atomic E-state index is 10.0. The molecule has 0 radical (unpaired) electrons. The van der Waals surface area contributed by atoms with Crippen molar-refractivity contribution >= 4 is 18.8 Å². The van der Waals surface area contributed by atoms with E-state index in [2.05, 4.69) is 103 Å². The van der Waals surface area contributed by atoms with Crippen LogP contribution in [0.4, 0.5) is 4.79 Å². The molecule has 29 heteroatoms. The number of hydrogen-bond donors (Lipinski definition) is 4. The van der Waals surface area contributed by atoms with E-state index in [4.69, 9.17) is 33.2 Å². The van der Waals surface area contributed by atoms with Gasteiger partial charge in [-0.3, -0.25) is 15.0 Å². The van der Waals surface area contributed by atoms with E-state index >= 15 is 0 Å². The molecule has 17 heterocycles. The molecule has 0 spiro atoms. The molecule has 0 unspecified atom stereocenters. The number of carbonyl (C=O) groups excluding carboxylic acids is 1. The largest absolute Gasteiger partial charge is 0.508 e. The molecule has 17 rings (SSSR count). The minimum absolute atomic E-state index is 0.375. The molecule has 9 saturated heterocycles. The quantitative estimate of drug-likeness (QED) is 0.103. The number of pyridine rings is 1. The lowest BCUT2D eigenvalue weighted by molar-refractivity contribution is -0.247. The van der Waals surface area contributed by atoms with Crippen LogP contribution in [0.5, 0.6) is 0 Å². The van der Waals surface area contributed by atoms with E-state index in [1.165, 1.54) is 161 Å². The molecule has 11 aliphatic rings. The van der Waals surface area contributed by atoms with E-state index in [1.807, 2.05) is 54.6 Å². The predicted octanol–water partition coefficient (Wildman–Crippen LogP) is 11.0. The Kier molecular flexibility index (Phi) is 75.4. The first-order valence-electron chi connectivity index (χ1n) is 33.7. The maximum absolute atomic E-state index is 10.0. The van der Waals surface area contributed by atoms with Gasteiger partial charge in [0.1, 0.15) is 32.3 Å². The SMILES string of the molecule is C1=COC=CC1.C1=NCN=CN1.C1CCNCC1.C1CCNCC1.C1CCNCC1.C1CCOC1.C1CCOCC1.C1COCCO1.C1COCOC1.C1OCOCO1.O=C1OCCCO1.c1ccncc1.c1ccnnc1.c1ccoc1.c1cnoc1.c1cocn1.c1cocn1. The molecule has 29 nitrogen and oxygen atoms in total. The number of ether oxygens (including phenoxy) is 12. The fraction of sp³-hybridized carbons (Fsp3) is 0.580. The highest BCUT2D eigenvalue weighted by Gasteiger charge is 2.07. The summed E-state index contributed by atoms with van der Waals surface area (Å²) in [5, 5.41) is 23.0. The first-order valence-corrected chi connectivity index (χ1v) is 33.7. The van der Waals surface area contributed by atoms with E-state index < -0.39 is 6.16 Å². The van der Waals surface area contributed by atoms with Gasteiger partial charge in [-0.05, 0) is 177 Å². The molecular formula is C69H112N12O17.